The first-order chi connectivity index (χ1) is 5.92. The maximum atomic E-state index is 5.58. The van der Waals surface area contributed by atoms with Crippen LogP contribution in [-0.2, 0) is 4.65 Å². The summed E-state index contributed by atoms with van der Waals surface area (Å²) in [5.41, 5.74) is 1.24. The Morgan fingerprint density at radius 2 is 2.58 bits per heavy atom. The van der Waals surface area contributed by atoms with Crippen LogP contribution < -0.4 is 0 Å². The molecule has 0 radical (unpaired) electrons. The van der Waals surface area contributed by atoms with Gasteiger partial charge in [0, 0.05) is 12.3 Å². The molecule has 0 atom stereocenters. The van der Waals surface area contributed by atoms with Gasteiger partial charge >= 0.3 is 7.05 Å². The summed E-state index contributed by atoms with van der Waals surface area (Å²) in [5, 5.41) is 0. The van der Waals surface area contributed by atoms with Crippen molar-refractivity contribution >= 4 is 13.1 Å². The third-order valence-electron chi connectivity index (χ3n) is 2.11. The first-order valence-electron chi connectivity index (χ1n) is 4.37. The molecule has 3 heteroatoms. The van der Waals surface area contributed by atoms with E-state index in [4.69, 9.17) is 4.65 Å². The molecule has 0 fully saturated rings. The number of rotatable bonds is 2. The number of aromatic nitrogens is 1. The highest BCUT2D eigenvalue weighted by Crippen LogP contribution is 2.15. The minimum absolute atomic E-state index is 0.213. The Hall–Kier alpha value is -0.955. The standard InChI is InChI=1S/C9H12BNO/c1-2-12-10-7-3-5-9-6-4-8-11(9)10/h3-6,8H,2,7H2,1H3. The summed E-state index contributed by atoms with van der Waals surface area (Å²) < 4.78 is 7.75. The Kier molecular flexibility index (Phi) is 2.04. The highest BCUT2D eigenvalue weighted by Gasteiger charge is 2.20. The Balaban J connectivity index is 2.26. The zero-order valence-corrected chi connectivity index (χ0v) is 7.23. The smallest absolute Gasteiger partial charge is 0.416 e. The topological polar surface area (TPSA) is 14.2 Å². The Morgan fingerprint density at radius 1 is 1.67 bits per heavy atom. The van der Waals surface area contributed by atoms with Crippen molar-refractivity contribution < 1.29 is 4.65 Å². The van der Waals surface area contributed by atoms with E-state index in [1.165, 1.54) is 5.69 Å². The second-order valence-electron chi connectivity index (χ2n) is 2.89. The molecule has 0 unspecified atom stereocenters. The number of hydrogen-bond acceptors (Lipinski definition) is 1. The number of nitrogens with zero attached hydrogens (tertiary/aromatic N) is 1. The van der Waals surface area contributed by atoms with Gasteiger partial charge in [-0.2, -0.15) is 0 Å². The first kappa shape index (κ1) is 7.68. The fourth-order valence-corrected chi connectivity index (χ4v) is 1.57. The summed E-state index contributed by atoms with van der Waals surface area (Å²) in [7, 11) is 0.213. The molecular weight excluding hydrogens is 149 g/mol. The van der Waals surface area contributed by atoms with Gasteiger partial charge in [-0.1, -0.05) is 6.08 Å². The van der Waals surface area contributed by atoms with Gasteiger partial charge in [-0.3, -0.25) is 0 Å². The molecule has 2 nitrogen and oxygen atoms in total. The molecule has 0 spiro atoms. The highest BCUT2D eigenvalue weighted by atomic mass is 16.4. The average Bonchev–Trinajstić information content (AvgIpc) is 2.53. The van der Waals surface area contributed by atoms with Crippen LogP contribution >= 0.6 is 0 Å². The Labute approximate surface area is 73.0 Å². The predicted molar refractivity (Wildman–Crippen MR) is 51.1 cm³/mol. The summed E-state index contributed by atoms with van der Waals surface area (Å²) in [6.45, 7) is 2.80. The van der Waals surface area contributed by atoms with Crippen LogP contribution in [0.3, 0.4) is 0 Å². The van der Waals surface area contributed by atoms with E-state index in [1.807, 2.05) is 6.92 Å². The van der Waals surface area contributed by atoms with E-state index in [0.29, 0.717) is 0 Å². The minimum atomic E-state index is 0.213. The van der Waals surface area contributed by atoms with E-state index in [9.17, 15) is 0 Å². The third-order valence-corrected chi connectivity index (χ3v) is 2.11. The zero-order chi connectivity index (χ0) is 8.39. The third kappa shape index (κ3) is 1.20. The average molecular weight is 161 g/mol. The summed E-state index contributed by atoms with van der Waals surface area (Å²) >= 11 is 0. The molecule has 1 aliphatic rings. The first-order valence-corrected chi connectivity index (χ1v) is 4.37. The van der Waals surface area contributed by atoms with Crippen molar-refractivity contribution in [1.29, 1.82) is 0 Å². The molecule has 0 saturated carbocycles. The molecule has 62 valence electrons. The van der Waals surface area contributed by atoms with Crippen LogP contribution in [0.1, 0.15) is 12.6 Å². The summed E-state index contributed by atoms with van der Waals surface area (Å²) in [5.74, 6) is 0. The summed E-state index contributed by atoms with van der Waals surface area (Å²) in [4.78, 5) is 0. The predicted octanol–water partition coefficient (Wildman–Crippen LogP) is 1.89. The summed E-state index contributed by atoms with van der Waals surface area (Å²) in [6.07, 6.45) is 7.35. The van der Waals surface area contributed by atoms with Crippen molar-refractivity contribution in [3.8, 4) is 0 Å². The number of fused-ring (bicyclic) bond motifs is 1. The lowest BCUT2D eigenvalue weighted by Crippen LogP contribution is -2.29. The quantitative estimate of drug-likeness (QED) is 0.604. The van der Waals surface area contributed by atoms with Gasteiger partial charge in [-0.05, 0) is 37.6 Å². The molecule has 0 bridgehead atoms. The van der Waals surface area contributed by atoms with E-state index in [2.05, 4.69) is 35.0 Å². The molecular formula is C9H12BNO. The molecule has 1 aliphatic heterocycles. The monoisotopic (exact) mass is 161 g/mol. The molecule has 1 aromatic rings. The van der Waals surface area contributed by atoms with Crippen LogP contribution in [0.15, 0.2) is 24.4 Å². The van der Waals surface area contributed by atoms with Crippen molar-refractivity contribution in [1.82, 2.24) is 4.48 Å². The number of hydrogen-bond donors (Lipinski definition) is 0. The van der Waals surface area contributed by atoms with Gasteiger partial charge in [0.2, 0.25) is 0 Å². The van der Waals surface area contributed by atoms with Crippen LogP contribution in [-0.4, -0.2) is 18.1 Å². The van der Waals surface area contributed by atoms with Crippen LogP contribution in [0, 0.1) is 0 Å². The second-order valence-corrected chi connectivity index (χ2v) is 2.89. The molecule has 2 heterocycles. The van der Waals surface area contributed by atoms with Crippen LogP contribution in [0.2, 0.25) is 6.32 Å². The van der Waals surface area contributed by atoms with Crippen molar-refractivity contribution in [2.45, 2.75) is 13.2 Å². The largest absolute Gasteiger partial charge is 0.423 e. The van der Waals surface area contributed by atoms with Gasteiger partial charge in [-0.15, -0.1) is 0 Å². The normalized spacial score (nSPS) is 14.9. The Bertz CT molecular complexity index is 292. The fourth-order valence-electron chi connectivity index (χ4n) is 1.57. The SMILES string of the molecule is CCOB1CC=Cc2cccn21. The maximum Gasteiger partial charge on any atom is 0.423 e. The van der Waals surface area contributed by atoms with E-state index in [1.54, 1.807) is 0 Å². The fraction of sp³-hybridized carbons (Fsp3) is 0.333. The van der Waals surface area contributed by atoms with Gasteiger partial charge < -0.3 is 9.13 Å². The molecule has 0 N–H and O–H groups in total. The molecule has 12 heavy (non-hydrogen) atoms. The van der Waals surface area contributed by atoms with E-state index in [0.717, 1.165) is 12.9 Å². The molecule has 0 aliphatic carbocycles. The highest BCUT2D eigenvalue weighted by molar-refractivity contribution is 6.51. The number of allylic oxidation sites excluding steroid dienone is 1. The van der Waals surface area contributed by atoms with Gasteiger partial charge in [0.15, 0.2) is 0 Å². The van der Waals surface area contributed by atoms with Crippen molar-refractivity contribution in [2.24, 2.45) is 0 Å². The summed E-state index contributed by atoms with van der Waals surface area (Å²) in [6, 6.07) is 4.15. The van der Waals surface area contributed by atoms with Crippen molar-refractivity contribution in [2.75, 3.05) is 6.61 Å². The zero-order valence-electron chi connectivity index (χ0n) is 7.23. The minimum Gasteiger partial charge on any atom is -0.416 e. The van der Waals surface area contributed by atoms with Crippen LogP contribution in [0.25, 0.3) is 6.08 Å². The van der Waals surface area contributed by atoms with Crippen LogP contribution in [0.4, 0.5) is 0 Å². The van der Waals surface area contributed by atoms with Crippen LogP contribution in [0.5, 0.6) is 0 Å². The maximum absolute atomic E-state index is 5.58. The molecule has 0 saturated heterocycles. The second kappa shape index (κ2) is 3.19. The van der Waals surface area contributed by atoms with E-state index in [-0.39, 0.29) is 7.05 Å². The van der Waals surface area contributed by atoms with Gasteiger partial charge in [0.1, 0.15) is 0 Å². The van der Waals surface area contributed by atoms with E-state index < -0.39 is 0 Å². The lowest BCUT2D eigenvalue weighted by molar-refractivity contribution is 0.336. The Morgan fingerprint density at radius 3 is 3.42 bits per heavy atom. The molecule has 0 aromatic carbocycles. The molecule has 0 amide bonds. The van der Waals surface area contributed by atoms with Gasteiger partial charge in [0.05, 0.1) is 0 Å². The van der Waals surface area contributed by atoms with E-state index >= 15 is 0 Å². The lowest BCUT2D eigenvalue weighted by atomic mass is 9.75. The van der Waals surface area contributed by atoms with Gasteiger partial charge in [0.25, 0.3) is 0 Å². The van der Waals surface area contributed by atoms with Gasteiger partial charge in [-0.25, -0.2) is 0 Å². The molecule has 1 aromatic heterocycles. The van der Waals surface area contributed by atoms with Crippen molar-refractivity contribution in [3.05, 3.63) is 30.1 Å². The van der Waals surface area contributed by atoms with Crippen molar-refractivity contribution in [3.63, 3.8) is 0 Å². The lowest BCUT2D eigenvalue weighted by Gasteiger charge is -2.18. The molecule has 2 rings (SSSR count).